The molecule has 0 atom stereocenters. The number of rotatable bonds is 64. The number of hydrogen-bond acceptors (Lipinski definition) is 6. The Hall–Kier alpha value is -0.480. The number of aryl methyl sites for hydroxylation is 2. The molecule has 0 fully saturated rings. The zero-order valence-corrected chi connectivity index (χ0v) is 60.3. The standard InChI is InChI=1S/2C38H70O3S.Ca/c2*1-2-3-4-5-6-7-8-9-10-11-12-13-14-15-16-17-18-19-20-21-22-23-24-25-26-27-28-29-30-31-34-37-35-32-33-36-38(37)42(39,40)41;/h2*32-33,35-36H,2-31,34H2,1H3,(H,39,40,41);/q;;+2/p-2. The minimum atomic E-state index is -4.37. The molecule has 0 bridgehead atoms. The zero-order chi connectivity index (χ0) is 60.8. The molecule has 0 N–H and O–H groups in total. The summed E-state index contributed by atoms with van der Waals surface area (Å²) in [5.74, 6) is 0. The van der Waals surface area contributed by atoms with Crippen molar-refractivity contribution in [1.82, 2.24) is 0 Å². The third-order valence-electron chi connectivity index (χ3n) is 18.1. The van der Waals surface area contributed by atoms with E-state index in [1.54, 1.807) is 24.3 Å². The van der Waals surface area contributed by atoms with Gasteiger partial charge in [-0.1, -0.05) is 423 Å². The molecule has 0 aliphatic carbocycles. The van der Waals surface area contributed by atoms with E-state index in [1.807, 2.05) is 12.1 Å². The minimum absolute atomic E-state index is 0. The molecule has 0 aromatic heterocycles. The van der Waals surface area contributed by atoms with Crippen LogP contribution < -0.4 is 0 Å². The fraction of sp³-hybridized carbons (Fsp3) is 0.842. The smallest absolute Gasteiger partial charge is 0.744 e. The van der Waals surface area contributed by atoms with Crippen LogP contribution in [0.4, 0.5) is 0 Å². The van der Waals surface area contributed by atoms with Crippen LogP contribution in [0.15, 0.2) is 58.3 Å². The summed E-state index contributed by atoms with van der Waals surface area (Å²) in [5, 5.41) is 0. The van der Waals surface area contributed by atoms with Crippen molar-refractivity contribution in [2.24, 2.45) is 0 Å². The summed E-state index contributed by atoms with van der Waals surface area (Å²) in [4.78, 5) is -0.0826. The molecule has 2 aromatic carbocycles. The predicted octanol–water partition coefficient (Wildman–Crippen LogP) is 25.3. The summed E-state index contributed by atoms with van der Waals surface area (Å²) < 4.78 is 68.2. The van der Waals surface area contributed by atoms with Gasteiger partial charge in [0.2, 0.25) is 0 Å². The molecular formula is C76H138CaO6S2. The molecule has 0 aliphatic heterocycles. The van der Waals surface area contributed by atoms with Gasteiger partial charge in [-0.2, -0.15) is 0 Å². The van der Waals surface area contributed by atoms with Gasteiger partial charge in [-0.25, -0.2) is 16.8 Å². The van der Waals surface area contributed by atoms with Crippen molar-refractivity contribution in [2.75, 3.05) is 0 Å². The molecular weight excluding hydrogens is 1110 g/mol. The Kier molecular flexibility index (Phi) is 64.7. The third-order valence-corrected chi connectivity index (χ3v) is 20.0. The van der Waals surface area contributed by atoms with Crippen molar-refractivity contribution in [3.8, 4) is 0 Å². The van der Waals surface area contributed by atoms with Gasteiger partial charge in [-0.3, -0.25) is 0 Å². The van der Waals surface area contributed by atoms with Gasteiger partial charge < -0.3 is 9.11 Å². The maximum absolute atomic E-state index is 11.4. The van der Waals surface area contributed by atoms with Gasteiger partial charge in [0.15, 0.2) is 0 Å². The molecule has 85 heavy (non-hydrogen) atoms. The second kappa shape index (κ2) is 65.0. The first kappa shape index (κ1) is 84.5. The minimum Gasteiger partial charge on any atom is -0.744 e. The van der Waals surface area contributed by atoms with E-state index in [4.69, 9.17) is 0 Å². The molecule has 0 aliphatic rings. The first-order valence-corrected chi connectivity index (χ1v) is 40.0. The van der Waals surface area contributed by atoms with E-state index in [9.17, 15) is 25.9 Å². The predicted molar refractivity (Wildman–Crippen MR) is 370 cm³/mol. The molecule has 0 unspecified atom stereocenters. The molecule has 0 saturated carbocycles. The zero-order valence-electron chi connectivity index (χ0n) is 56.4. The van der Waals surface area contributed by atoms with E-state index < -0.39 is 20.2 Å². The first-order chi connectivity index (χ1) is 41.1. The van der Waals surface area contributed by atoms with Crippen molar-refractivity contribution < 1.29 is 25.9 Å². The number of benzene rings is 2. The fourth-order valence-corrected chi connectivity index (χ4v) is 14.1. The van der Waals surface area contributed by atoms with Crippen LogP contribution in [0.1, 0.15) is 410 Å². The SMILES string of the molecule is CCCCCCCCCCCCCCCCCCCCCCCCCCCCCCCCc1ccccc1S(=O)(=O)[O-].CCCCCCCCCCCCCCCCCCCCCCCCCCCCCCCCc1ccccc1S(=O)(=O)[O-].[Ca+2]. The summed E-state index contributed by atoms with van der Waals surface area (Å²) in [7, 11) is -8.73. The van der Waals surface area contributed by atoms with E-state index in [-0.39, 0.29) is 47.5 Å². The average Bonchev–Trinajstić information content (AvgIpc) is 3.69. The average molecular weight is 1250 g/mol. The quantitative estimate of drug-likeness (QED) is 0.0370. The maximum atomic E-state index is 11.4. The number of unbranched alkanes of at least 4 members (excludes halogenated alkanes) is 58. The second-order valence-corrected chi connectivity index (χ2v) is 28.8. The molecule has 0 saturated heterocycles. The topological polar surface area (TPSA) is 114 Å². The van der Waals surface area contributed by atoms with Gasteiger partial charge in [-0.15, -0.1) is 0 Å². The van der Waals surface area contributed by atoms with Crippen molar-refractivity contribution >= 4 is 58.0 Å². The summed E-state index contributed by atoms with van der Waals surface area (Å²) in [5.41, 5.74) is 1.35. The first-order valence-electron chi connectivity index (χ1n) is 37.2. The molecule has 2 rings (SSSR count). The van der Waals surface area contributed by atoms with Crippen LogP contribution in [0.3, 0.4) is 0 Å². The fourth-order valence-electron chi connectivity index (χ4n) is 12.6. The van der Waals surface area contributed by atoms with Gasteiger partial charge in [0.1, 0.15) is 20.2 Å². The van der Waals surface area contributed by atoms with Crippen molar-refractivity contribution in [1.29, 1.82) is 0 Å². The van der Waals surface area contributed by atoms with E-state index in [0.29, 0.717) is 24.0 Å². The van der Waals surface area contributed by atoms with Crippen LogP contribution in [-0.2, 0) is 33.1 Å². The summed E-state index contributed by atoms with van der Waals surface area (Å²) >= 11 is 0. The molecule has 2 aromatic rings. The van der Waals surface area contributed by atoms with Crippen LogP contribution >= 0.6 is 0 Å². The molecule has 0 amide bonds. The third kappa shape index (κ3) is 58.4. The molecule has 6 nitrogen and oxygen atoms in total. The van der Waals surface area contributed by atoms with Crippen molar-refractivity contribution in [3.63, 3.8) is 0 Å². The van der Waals surface area contributed by atoms with Crippen LogP contribution in [-0.4, -0.2) is 63.7 Å². The van der Waals surface area contributed by atoms with Gasteiger partial charge in [-0.05, 0) is 48.9 Å². The Balaban J connectivity index is 0.00000164. The van der Waals surface area contributed by atoms with Gasteiger partial charge >= 0.3 is 37.7 Å². The molecule has 0 radical (unpaired) electrons. The Bertz CT molecular complexity index is 1750. The molecule has 492 valence electrons. The van der Waals surface area contributed by atoms with Crippen LogP contribution in [0.5, 0.6) is 0 Å². The largest absolute Gasteiger partial charge is 2.00 e. The Morgan fingerprint density at radius 3 is 0.494 bits per heavy atom. The molecule has 0 spiro atoms. The van der Waals surface area contributed by atoms with Gasteiger partial charge in [0.05, 0.1) is 9.79 Å². The van der Waals surface area contributed by atoms with Crippen molar-refractivity contribution in [2.45, 2.75) is 422 Å². The van der Waals surface area contributed by atoms with E-state index in [0.717, 1.165) is 25.7 Å². The van der Waals surface area contributed by atoms with E-state index >= 15 is 0 Å². The van der Waals surface area contributed by atoms with Gasteiger partial charge in [0.25, 0.3) is 0 Å². The second-order valence-electron chi connectivity index (χ2n) is 26.1. The van der Waals surface area contributed by atoms with Crippen molar-refractivity contribution in [3.05, 3.63) is 59.7 Å². The van der Waals surface area contributed by atoms with Crippen LogP contribution in [0.25, 0.3) is 0 Å². The Morgan fingerprint density at radius 2 is 0.353 bits per heavy atom. The summed E-state index contributed by atoms with van der Waals surface area (Å²) in [6, 6.07) is 13.3. The number of hydrogen-bond donors (Lipinski definition) is 0. The summed E-state index contributed by atoms with van der Waals surface area (Å²) in [6.45, 7) is 4.59. The van der Waals surface area contributed by atoms with Gasteiger partial charge in [0, 0.05) is 0 Å². The molecule has 0 heterocycles. The van der Waals surface area contributed by atoms with E-state index in [2.05, 4.69) is 13.8 Å². The van der Waals surface area contributed by atoms with Crippen LogP contribution in [0.2, 0.25) is 0 Å². The monoisotopic (exact) mass is 1250 g/mol. The summed E-state index contributed by atoms with van der Waals surface area (Å²) in [6.07, 6.45) is 84.9. The Labute approximate surface area is 560 Å². The Morgan fingerprint density at radius 1 is 0.224 bits per heavy atom. The maximum Gasteiger partial charge on any atom is 2.00 e. The van der Waals surface area contributed by atoms with Crippen LogP contribution in [0, 0.1) is 0 Å². The molecule has 9 heteroatoms. The normalized spacial score (nSPS) is 11.7. The van der Waals surface area contributed by atoms with E-state index in [1.165, 1.54) is 372 Å².